The van der Waals surface area contributed by atoms with Gasteiger partial charge in [-0.2, -0.15) is 0 Å². The number of carbonyl (C=O) groups excluding carboxylic acids is 1. The lowest BCUT2D eigenvalue weighted by Crippen LogP contribution is -2.14. The summed E-state index contributed by atoms with van der Waals surface area (Å²) in [6.07, 6.45) is 4.21. The molecule has 0 unspecified atom stereocenters. The van der Waals surface area contributed by atoms with Gasteiger partial charge >= 0.3 is 0 Å². The van der Waals surface area contributed by atoms with Crippen LogP contribution in [0.2, 0.25) is 0 Å². The summed E-state index contributed by atoms with van der Waals surface area (Å²) in [5.41, 5.74) is 5.23. The van der Waals surface area contributed by atoms with Gasteiger partial charge in [0.1, 0.15) is 0 Å². The monoisotopic (exact) mass is 155 g/mol. The Morgan fingerprint density at radius 2 is 2.55 bits per heavy atom. The molecule has 0 aromatic carbocycles. The smallest absolute Gasteiger partial charge is 0.198 e. The summed E-state index contributed by atoms with van der Waals surface area (Å²) in [6.45, 7) is 1.07. The minimum Gasteiger partial charge on any atom is -0.490 e. The molecular weight excluding hydrogens is 142 g/mol. The SMILES string of the molecule is NCCC(=O)C1=CCCCO1. The molecule has 3 heteroatoms. The van der Waals surface area contributed by atoms with E-state index in [2.05, 4.69) is 0 Å². The van der Waals surface area contributed by atoms with E-state index in [1.165, 1.54) is 0 Å². The highest BCUT2D eigenvalue weighted by Crippen LogP contribution is 2.11. The summed E-state index contributed by atoms with van der Waals surface area (Å²) in [7, 11) is 0. The number of Topliss-reactive ketones (excluding diaryl/α,β-unsaturated/α-hetero) is 1. The Morgan fingerprint density at radius 1 is 1.73 bits per heavy atom. The van der Waals surface area contributed by atoms with Crippen LogP contribution in [0.25, 0.3) is 0 Å². The minimum atomic E-state index is 0.0344. The Balaban J connectivity index is 2.44. The average molecular weight is 155 g/mol. The van der Waals surface area contributed by atoms with Crippen LogP contribution in [0.4, 0.5) is 0 Å². The molecule has 3 nitrogen and oxygen atoms in total. The van der Waals surface area contributed by atoms with Gasteiger partial charge in [0.15, 0.2) is 11.5 Å². The molecule has 1 aliphatic heterocycles. The van der Waals surface area contributed by atoms with E-state index in [1.807, 2.05) is 6.08 Å². The molecule has 0 amide bonds. The van der Waals surface area contributed by atoms with Crippen LogP contribution in [-0.4, -0.2) is 18.9 Å². The molecule has 0 atom stereocenters. The molecule has 0 fully saturated rings. The van der Waals surface area contributed by atoms with E-state index < -0.39 is 0 Å². The van der Waals surface area contributed by atoms with E-state index in [4.69, 9.17) is 10.5 Å². The summed E-state index contributed by atoms with van der Waals surface area (Å²) >= 11 is 0. The van der Waals surface area contributed by atoms with E-state index in [9.17, 15) is 4.79 Å². The Labute approximate surface area is 66.2 Å². The van der Waals surface area contributed by atoms with Crippen LogP contribution in [0.15, 0.2) is 11.8 Å². The molecule has 0 aromatic heterocycles. The highest BCUT2D eigenvalue weighted by molar-refractivity contribution is 5.93. The average Bonchev–Trinajstić information content (AvgIpc) is 2.07. The van der Waals surface area contributed by atoms with Crippen molar-refractivity contribution in [3.63, 3.8) is 0 Å². The van der Waals surface area contributed by atoms with Crippen molar-refractivity contribution in [2.75, 3.05) is 13.2 Å². The molecule has 0 saturated heterocycles. The van der Waals surface area contributed by atoms with Crippen molar-refractivity contribution in [1.82, 2.24) is 0 Å². The van der Waals surface area contributed by atoms with E-state index in [1.54, 1.807) is 0 Å². The van der Waals surface area contributed by atoms with E-state index in [0.717, 1.165) is 12.8 Å². The zero-order valence-electron chi connectivity index (χ0n) is 6.51. The summed E-state index contributed by atoms with van der Waals surface area (Å²) in [5.74, 6) is 0.550. The molecule has 0 radical (unpaired) electrons. The van der Waals surface area contributed by atoms with Crippen LogP contribution in [0.3, 0.4) is 0 Å². The Hall–Kier alpha value is -0.830. The van der Waals surface area contributed by atoms with Crippen LogP contribution in [0, 0.1) is 0 Å². The first kappa shape index (κ1) is 8.27. The van der Waals surface area contributed by atoms with E-state index in [0.29, 0.717) is 25.3 Å². The highest BCUT2D eigenvalue weighted by atomic mass is 16.5. The number of allylic oxidation sites excluding steroid dienone is 2. The van der Waals surface area contributed by atoms with Crippen LogP contribution in [0.5, 0.6) is 0 Å². The first-order chi connectivity index (χ1) is 5.34. The number of hydrogen-bond acceptors (Lipinski definition) is 3. The highest BCUT2D eigenvalue weighted by Gasteiger charge is 2.11. The van der Waals surface area contributed by atoms with Gasteiger partial charge in [-0.15, -0.1) is 0 Å². The molecule has 2 N–H and O–H groups in total. The van der Waals surface area contributed by atoms with Gasteiger partial charge < -0.3 is 10.5 Å². The zero-order valence-corrected chi connectivity index (χ0v) is 6.51. The standard InChI is InChI=1S/C8H13NO2/c9-5-4-7(10)8-3-1-2-6-11-8/h3H,1-2,4-6,9H2. The summed E-state index contributed by atoms with van der Waals surface area (Å²) in [6, 6.07) is 0. The third-order valence-corrected chi connectivity index (χ3v) is 1.58. The number of carbonyl (C=O) groups is 1. The molecule has 1 aliphatic rings. The predicted octanol–water partition coefficient (Wildman–Crippen LogP) is 0.599. The van der Waals surface area contributed by atoms with Crippen LogP contribution >= 0.6 is 0 Å². The molecule has 1 rings (SSSR count). The van der Waals surface area contributed by atoms with Gasteiger partial charge in [0.25, 0.3) is 0 Å². The topological polar surface area (TPSA) is 52.3 Å². The fourth-order valence-corrected chi connectivity index (χ4v) is 1.01. The second-order valence-electron chi connectivity index (χ2n) is 2.52. The molecule has 0 aromatic rings. The first-order valence-electron chi connectivity index (χ1n) is 3.91. The number of ether oxygens (including phenoxy) is 1. The quantitative estimate of drug-likeness (QED) is 0.649. The second-order valence-corrected chi connectivity index (χ2v) is 2.52. The van der Waals surface area contributed by atoms with Gasteiger partial charge in [-0.25, -0.2) is 0 Å². The number of nitrogens with two attached hydrogens (primary N) is 1. The fraction of sp³-hybridized carbons (Fsp3) is 0.625. The molecule has 0 saturated carbocycles. The van der Waals surface area contributed by atoms with Crippen molar-refractivity contribution in [3.05, 3.63) is 11.8 Å². The Bertz CT molecular complexity index is 175. The van der Waals surface area contributed by atoms with Crippen LogP contribution in [-0.2, 0) is 9.53 Å². The predicted molar refractivity (Wildman–Crippen MR) is 41.9 cm³/mol. The van der Waals surface area contributed by atoms with Crippen molar-refractivity contribution in [2.45, 2.75) is 19.3 Å². The van der Waals surface area contributed by atoms with Crippen molar-refractivity contribution in [2.24, 2.45) is 5.73 Å². The van der Waals surface area contributed by atoms with Crippen LogP contribution in [0.1, 0.15) is 19.3 Å². The molecule has 0 spiro atoms. The Kier molecular flexibility index (Phi) is 3.11. The van der Waals surface area contributed by atoms with Gasteiger partial charge in [-0.05, 0) is 25.5 Å². The number of hydrogen-bond donors (Lipinski definition) is 1. The number of ketones is 1. The minimum absolute atomic E-state index is 0.0344. The molecule has 0 aliphatic carbocycles. The van der Waals surface area contributed by atoms with Gasteiger partial charge in [0.05, 0.1) is 6.61 Å². The third kappa shape index (κ3) is 2.35. The van der Waals surface area contributed by atoms with Crippen molar-refractivity contribution < 1.29 is 9.53 Å². The van der Waals surface area contributed by atoms with Gasteiger partial charge in [0, 0.05) is 6.42 Å². The fourth-order valence-electron chi connectivity index (χ4n) is 1.01. The van der Waals surface area contributed by atoms with E-state index in [-0.39, 0.29) is 5.78 Å². The lowest BCUT2D eigenvalue weighted by Gasteiger charge is -2.12. The summed E-state index contributed by atoms with van der Waals surface area (Å²) in [5, 5.41) is 0. The van der Waals surface area contributed by atoms with Crippen LogP contribution < -0.4 is 5.73 Å². The zero-order chi connectivity index (χ0) is 8.10. The molecule has 62 valence electrons. The van der Waals surface area contributed by atoms with Gasteiger partial charge in [0.2, 0.25) is 0 Å². The normalized spacial score (nSPS) is 17.0. The van der Waals surface area contributed by atoms with Gasteiger partial charge in [-0.1, -0.05) is 0 Å². The third-order valence-electron chi connectivity index (χ3n) is 1.58. The van der Waals surface area contributed by atoms with Crippen molar-refractivity contribution in [3.8, 4) is 0 Å². The summed E-state index contributed by atoms with van der Waals surface area (Å²) in [4.78, 5) is 11.1. The number of rotatable bonds is 3. The van der Waals surface area contributed by atoms with E-state index >= 15 is 0 Å². The maximum Gasteiger partial charge on any atom is 0.198 e. The van der Waals surface area contributed by atoms with Crippen molar-refractivity contribution in [1.29, 1.82) is 0 Å². The maximum atomic E-state index is 11.1. The second kappa shape index (κ2) is 4.13. The molecular formula is C8H13NO2. The largest absolute Gasteiger partial charge is 0.490 e. The summed E-state index contributed by atoms with van der Waals surface area (Å²) < 4.78 is 5.15. The lowest BCUT2D eigenvalue weighted by molar-refractivity contribution is -0.119. The molecule has 1 heterocycles. The lowest BCUT2D eigenvalue weighted by atomic mass is 10.1. The first-order valence-corrected chi connectivity index (χ1v) is 3.91. The molecule has 0 bridgehead atoms. The van der Waals surface area contributed by atoms with Gasteiger partial charge in [-0.3, -0.25) is 4.79 Å². The Morgan fingerprint density at radius 3 is 3.09 bits per heavy atom. The molecule has 11 heavy (non-hydrogen) atoms. The maximum absolute atomic E-state index is 11.1. The van der Waals surface area contributed by atoms with Crippen molar-refractivity contribution >= 4 is 5.78 Å².